The fourth-order valence-electron chi connectivity index (χ4n) is 2.23. The van der Waals surface area contributed by atoms with E-state index in [0.29, 0.717) is 11.2 Å². The molecule has 6 nitrogen and oxygen atoms in total. The van der Waals surface area contributed by atoms with Crippen LogP contribution in [-0.4, -0.2) is 28.5 Å². The Morgan fingerprint density at radius 1 is 1.23 bits per heavy atom. The van der Waals surface area contributed by atoms with Gasteiger partial charge in [0.25, 0.3) is 0 Å². The molecule has 0 bridgehead atoms. The first-order valence-corrected chi connectivity index (χ1v) is 8.23. The average molecular weight is 317 g/mol. The molecule has 1 unspecified atom stereocenters. The van der Waals surface area contributed by atoms with Crippen molar-refractivity contribution in [3.8, 4) is 0 Å². The molecule has 0 radical (unpaired) electrons. The lowest BCUT2D eigenvalue weighted by Crippen LogP contribution is -2.12. The lowest BCUT2D eigenvalue weighted by atomic mass is 10.2. The minimum atomic E-state index is -3.86. The number of sulfone groups is 1. The lowest BCUT2D eigenvalue weighted by molar-refractivity contribution is 0.190. The second-order valence-corrected chi connectivity index (χ2v) is 6.99. The van der Waals surface area contributed by atoms with E-state index in [1.54, 1.807) is 24.4 Å². The number of aliphatic hydroxyl groups is 1. The fraction of sp³-hybridized carbons (Fsp3) is 0.200. The minimum absolute atomic E-state index is 0.0496. The average Bonchev–Trinajstić information content (AvgIpc) is 2.93. The number of hydrogen-bond acceptors (Lipinski definition) is 5. The van der Waals surface area contributed by atoms with E-state index in [9.17, 15) is 13.5 Å². The Morgan fingerprint density at radius 2 is 2.00 bits per heavy atom. The third-order valence-electron chi connectivity index (χ3n) is 3.33. The highest BCUT2D eigenvalue weighted by Gasteiger charge is 2.27. The van der Waals surface area contributed by atoms with E-state index in [0.717, 1.165) is 5.56 Å². The van der Waals surface area contributed by atoms with E-state index in [-0.39, 0.29) is 15.6 Å². The van der Waals surface area contributed by atoms with Crippen LogP contribution in [0.1, 0.15) is 24.3 Å². The van der Waals surface area contributed by atoms with Crippen molar-refractivity contribution in [2.45, 2.75) is 29.9 Å². The molecule has 3 aromatic rings. The molecule has 0 fully saturated rings. The Morgan fingerprint density at radius 3 is 2.68 bits per heavy atom. The van der Waals surface area contributed by atoms with E-state index in [2.05, 4.69) is 15.0 Å². The Hall–Kier alpha value is -2.25. The van der Waals surface area contributed by atoms with Crippen molar-refractivity contribution in [3.05, 3.63) is 47.8 Å². The van der Waals surface area contributed by atoms with Gasteiger partial charge in [0.1, 0.15) is 11.2 Å². The first kappa shape index (κ1) is 14.7. The number of aryl methyl sites for hydroxylation is 1. The molecular formula is C15H15N3O3S. The van der Waals surface area contributed by atoms with Gasteiger partial charge in [-0.15, -0.1) is 0 Å². The maximum Gasteiger partial charge on any atom is 0.225 e. The minimum Gasteiger partial charge on any atom is -0.387 e. The monoisotopic (exact) mass is 317 g/mol. The summed E-state index contributed by atoms with van der Waals surface area (Å²) in [5, 5.41) is 9.67. The number of rotatable bonds is 3. The summed E-state index contributed by atoms with van der Waals surface area (Å²) in [6.07, 6.45) is 0.584. The summed E-state index contributed by atoms with van der Waals surface area (Å²) in [6.45, 7) is 3.28. The predicted octanol–water partition coefficient (Wildman–Crippen LogP) is 2.15. The van der Waals surface area contributed by atoms with Crippen molar-refractivity contribution >= 4 is 21.0 Å². The molecule has 114 valence electrons. The Labute approximate surface area is 127 Å². The quantitative estimate of drug-likeness (QED) is 0.771. The van der Waals surface area contributed by atoms with Gasteiger partial charge in [0.05, 0.1) is 11.0 Å². The molecule has 0 amide bonds. The topological polar surface area (TPSA) is 95.9 Å². The van der Waals surface area contributed by atoms with Gasteiger partial charge in [-0.2, -0.15) is 0 Å². The molecule has 22 heavy (non-hydrogen) atoms. The Balaban J connectivity index is 2.29. The van der Waals surface area contributed by atoms with Gasteiger partial charge in [-0.1, -0.05) is 12.1 Å². The number of H-pyrrole nitrogens is 1. The molecule has 0 saturated heterocycles. The zero-order chi connectivity index (χ0) is 15.9. The molecule has 7 heteroatoms. The van der Waals surface area contributed by atoms with Crippen LogP contribution in [0.2, 0.25) is 0 Å². The summed E-state index contributed by atoms with van der Waals surface area (Å²) in [5.74, 6) is 0. The number of fused-ring (bicyclic) bond motifs is 1. The molecule has 2 aromatic heterocycles. The molecule has 0 aliphatic heterocycles. The largest absolute Gasteiger partial charge is 0.387 e. The van der Waals surface area contributed by atoms with Crippen LogP contribution in [0.15, 0.2) is 46.5 Å². The van der Waals surface area contributed by atoms with E-state index < -0.39 is 15.9 Å². The highest BCUT2D eigenvalue weighted by molar-refractivity contribution is 7.91. The molecule has 1 aromatic carbocycles. The van der Waals surface area contributed by atoms with Gasteiger partial charge >= 0.3 is 0 Å². The predicted molar refractivity (Wildman–Crippen MR) is 81.2 cm³/mol. The number of benzene rings is 1. The SMILES string of the molecule is Cc1cccc(S(=O)(=O)c2nc3[nH]ccc3nc2C(C)O)c1. The van der Waals surface area contributed by atoms with Crippen molar-refractivity contribution in [1.82, 2.24) is 15.0 Å². The molecule has 3 rings (SSSR count). The first-order chi connectivity index (χ1) is 10.4. The maximum absolute atomic E-state index is 12.8. The van der Waals surface area contributed by atoms with Crippen LogP contribution >= 0.6 is 0 Å². The third-order valence-corrected chi connectivity index (χ3v) is 5.01. The van der Waals surface area contributed by atoms with Crippen molar-refractivity contribution in [2.75, 3.05) is 0 Å². The number of hydrogen-bond donors (Lipinski definition) is 2. The summed E-state index contributed by atoms with van der Waals surface area (Å²) in [5.41, 5.74) is 1.76. The molecule has 2 N–H and O–H groups in total. The number of aromatic amines is 1. The second-order valence-electron chi connectivity index (χ2n) is 5.12. The molecule has 0 spiro atoms. The normalized spacial score (nSPS) is 13.4. The summed E-state index contributed by atoms with van der Waals surface area (Å²) in [6, 6.07) is 8.24. The zero-order valence-corrected chi connectivity index (χ0v) is 12.9. The summed E-state index contributed by atoms with van der Waals surface area (Å²) < 4.78 is 25.7. The Bertz CT molecular complexity index is 946. The fourth-order valence-corrected chi connectivity index (χ4v) is 3.76. The second kappa shape index (κ2) is 5.19. The van der Waals surface area contributed by atoms with Crippen molar-refractivity contribution in [3.63, 3.8) is 0 Å². The summed E-state index contributed by atoms with van der Waals surface area (Å²) in [7, 11) is -3.86. The Kier molecular flexibility index (Phi) is 3.46. The van der Waals surface area contributed by atoms with E-state index in [4.69, 9.17) is 0 Å². The molecule has 1 atom stereocenters. The van der Waals surface area contributed by atoms with Crippen LogP contribution < -0.4 is 0 Å². The van der Waals surface area contributed by atoms with Gasteiger partial charge < -0.3 is 10.1 Å². The van der Waals surface area contributed by atoms with E-state index in [1.807, 2.05) is 13.0 Å². The maximum atomic E-state index is 12.8. The van der Waals surface area contributed by atoms with Gasteiger partial charge in [-0.05, 0) is 37.6 Å². The van der Waals surface area contributed by atoms with Gasteiger partial charge in [0.2, 0.25) is 9.84 Å². The highest BCUT2D eigenvalue weighted by atomic mass is 32.2. The standard InChI is InChI=1S/C15H15N3O3S/c1-9-4-3-5-11(8-9)22(20,21)15-13(10(2)19)17-12-6-7-16-14(12)18-15/h3-8,10,19H,1-2H3,(H,16,18). The van der Waals surface area contributed by atoms with Gasteiger partial charge in [0.15, 0.2) is 10.7 Å². The number of nitrogens with zero attached hydrogens (tertiary/aromatic N) is 2. The molecule has 0 aliphatic carbocycles. The van der Waals surface area contributed by atoms with E-state index in [1.165, 1.54) is 13.0 Å². The van der Waals surface area contributed by atoms with Crippen LogP contribution in [-0.2, 0) is 9.84 Å². The third kappa shape index (κ3) is 2.38. The number of aliphatic hydroxyl groups excluding tert-OH is 1. The molecular weight excluding hydrogens is 302 g/mol. The number of aromatic nitrogens is 3. The van der Waals surface area contributed by atoms with Crippen LogP contribution in [0.4, 0.5) is 0 Å². The van der Waals surface area contributed by atoms with Crippen LogP contribution in [0.25, 0.3) is 11.2 Å². The smallest absolute Gasteiger partial charge is 0.225 e. The van der Waals surface area contributed by atoms with Gasteiger partial charge in [-0.3, -0.25) is 0 Å². The van der Waals surface area contributed by atoms with Crippen LogP contribution in [0.3, 0.4) is 0 Å². The van der Waals surface area contributed by atoms with Crippen molar-refractivity contribution in [1.29, 1.82) is 0 Å². The highest BCUT2D eigenvalue weighted by Crippen LogP contribution is 2.27. The van der Waals surface area contributed by atoms with Crippen molar-refractivity contribution in [2.24, 2.45) is 0 Å². The molecule has 2 heterocycles. The summed E-state index contributed by atoms with van der Waals surface area (Å²) >= 11 is 0. The van der Waals surface area contributed by atoms with Crippen LogP contribution in [0.5, 0.6) is 0 Å². The molecule has 0 saturated carbocycles. The van der Waals surface area contributed by atoms with Crippen molar-refractivity contribution < 1.29 is 13.5 Å². The number of nitrogens with one attached hydrogen (secondary N) is 1. The van der Waals surface area contributed by atoms with E-state index >= 15 is 0 Å². The van der Waals surface area contributed by atoms with Gasteiger partial charge in [0, 0.05) is 6.20 Å². The van der Waals surface area contributed by atoms with Crippen LogP contribution in [0, 0.1) is 6.92 Å². The summed E-state index contributed by atoms with van der Waals surface area (Å²) in [4.78, 5) is 11.4. The first-order valence-electron chi connectivity index (χ1n) is 6.74. The van der Waals surface area contributed by atoms with Gasteiger partial charge in [-0.25, -0.2) is 18.4 Å². The lowest BCUT2D eigenvalue weighted by Gasteiger charge is -2.11. The molecule has 0 aliphatic rings. The zero-order valence-electron chi connectivity index (χ0n) is 12.1.